The maximum atomic E-state index is 13.2. The molecule has 1 unspecified atom stereocenters. The monoisotopic (exact) mass is 374 g/mol. The normalized spacial score (nSPS) is 15.2. The van der Waals surface area contributed by atoms with Gasteiger partial charge in [-0.2, -0.15) is 0 Å². The van der Waals surface area contributed by atoms with Gasteiger partial charge >= 0.3 is 0 Å². The molecule has 0 spiro atoms. The van der Waals surface area contributed by atoms with Crippen molar-refractivity contribution in [3.63, 3.8) is 0 Å². The highest BCUT2D eigenvalue weighted by Gasteiger charge is 2.32. The lowest BCUT2D eigenvalue weighted by Crippen LogP contribution is -2.36. The summed E-state index contributed by atoms with van der Waals surface area (Å²) in [5.74, 6) is 0.951. The van der Waals surface area contributed by atoms with Crippen LogP contribution in [-0.2, 0) is 6.42 Å². The van der Waals surface area contributed by atoms with Gasteiger partial charge in [0.15, 0.2) is 0 Å². The van der Waals surface area contributed by atoms with E-state index in [9.17, 15) is 4.79 Å². The SMILES string of the molecule is CCOc1ccccc1Nc1nccc(C(=O)N2c3ccccc3CC2C)n1. The van der Waals surface area contributed by atoms with Crippen LogP contribution < -0.4 is 15.0 Å². The van der Waals surface area contributed by atoms with Crippen LogP contribution in [-0.4, -0.2) is 28.5 Å². The number of amides is 1. The van der Waals surface area contributed by atoms with Crippen molar-refractivity contribution in [1.29, 1.82) is 0 Å². The van der Waals surface area contributed by atoms with Crippen LogP contribution in [0.15, 0.2) is 60.8 Å². The lowest BCUT2D eigenvalue weighted by molar-refractivity contribution is 0.0976. The van der Waals surface area contributed by atoms with Crippen molar-refractivity contribution in [3.05, 3.63) is 72.1 Å². The third-order valence-corrected chi connectivity index (χ3v) is 4.73. The molecule has 4 rings (SSSR count). The Bertz CT molecular complexity index is 1010. The number of rotatable bonds is 5. The highest BCUT2D eigenvalue weighted by molar-refractivity contribution is 6.06. The van der Waals surface area contributed by atoms with Crippen LogP contribution in [0.2, 0.25) is 0 Å². The average Bonchev–Trinajstić information content (AvgIpc) is 3.05. The van der Waals surface area contributed by atoms with Crippen molar-refractivity contribution >= 4 is 23.2 Å². The van der Waals surface area contributed by atoms with Crippen LogP contribution in [0.1, 0.15) is 29.9 Å². The Labute approximate surface area is 164 Å². The Morgan fingerprint density at radius 2 is 1.96 bits per heavy atom. The predicted molar refractivity (Wildman–Crippen MR) is 109 cm³/mol. The molecule has 1 aliphatic rings. The predicted octanol–water partition coefficient (Wildman–Crippen LogP) is 4.21. The number of para-hydroxylation sites is 3. The van der Waals surface area contributed by atoms with Crippen LogP contribution in [0.3, 0.4) is 0 Å². The van der Waals surface area contributed by atoms with Gasteiger partial charge in [0.05, 0.1) is 12.3 Å². The lowest BCUT2D eigenvalue weighted by atomic mass is 10.1. The Kier molecular flexibility index (Phi) is 4.93. The molecule has 0 saturated heterocycles. The second kappa shape index (κ2) is 7.68. The van der Waals surface area contributed by atoms with Gasteiger partial charge in [0.2, 0.25) is 5.95 Å². The second-order valence-corrected chi connectivity index (χ2v) is 6.68. The van der Waals surface area contributed by atoms with E-state index in [1.165, 1.54) is 5.56 Å². The lowest BCUT2D eigenvalue weighted by Gasteiger charge is -2.22. The maximum absolute atomic E-state index is 13.2. The van der Waals surface area contributed by atoms with Gasteiger partial charge in [-0.05, 0) is 50.1 Å². The summed E-state index contributed by atoms with van der Waals surface area (Å²) in [6, 6.07) is 17.3. The quantitative estimate of drug-likeness (QED) is 0.725. The van der Waals surface area contributed by atoms with Crippen LogP contribution in [0.4, 0.5) is 17.3 Å². The molecule has 0 radical (unpaired) electrons. The number of nitrogens with zero attached hydrogens (tertiary/aromatic N) is 3. The molecule has 2 heterocycles. The zero-order valence-corrected chi connectivity index (χ0v) is 15.9. The molecule has 1 N–H and O–H groups in total. The first kappa shape index (κ1) is 18.0. The minimum absolute atomic E-state index is 0.0926. The van der Waals surface area contributed by atoms with E-state index in [0.29, 0.717) is 24.0 Å². The Balaban J connectivity index is 1.60. The minimum Gasteiger partial charge on any atom is -0.492 e. The topological polar surface area (TPSA) is 67.3 Å². The summed E-state index contributed by atoms with van der Waals surface area (Å²) < 4.78 is 5.63. The first-order valence-electron chi connectivity index (χ1n) is 9.40. The van der Waals surface area contributed by atoms with E-state index in [0.717, 1.165) is 17.8 Å². The molecule has 28 heavy (non-hydrogen) atoms. The van der Waals surface area contributed by atoms with Gasteiger partial charge in [-0.15, -0.1) is 0 Å². The van der Waals surface area contributed by atoms with Gasteiger partial charge < -0.3 is 15.0 Å². The van der Waals surface area contributed by atoms with Crippen LogP contribution in [0.25, 0.3) is 0 Å². The van der Waals surface area contributed by atoms with E-state index < -0.39 is 0 Å². The molecule has 1 amide bonds. The maximum Gasteiger partial charge on any atom is 0.277 e. The van der Waals surface area contributed by atoms with E-state index >= 15 is 0 Å². The van der Waals surface area contributed by atoms with E-state index in [-0.39, 0.29) is 11.9 Å². The number of benzene rings is 2. The fourth-order valence-electron chi connectivity index (χ4n) is 3.51. The van der Waals surface area contributed by atoms with E-state index in [1.54, 1.807) is 12.3 Å². The van der Waals surface area contributed by atoms with Gasteiger partial charge in [0.25, 0.3) is 5.91 Å². The molecule has 0 bridgehead atoms. The summed E-state index contributed by atoms with van der Waals surface area (Å²) in [5.41, 5.74) is 3.25. The first-order valence-corrected chi connectivity index (χ1v) is 9.40. The van der Waals surface area contributed by atoms with Crippen LogP contribution in [0.5, 0.6) is 5.75 Å². The van der Waals surface area contributed by atoms with Crippen LogP contribution >= 0.6 is 0 Å². The van der Waals surface area contributed by atoms with Gasteiger partial charge in [-0.3, -0.25) is 4.79 Å². The minimum atomic E-state index is -0.124. The molecule has 2 aromatic carbocycles. The van der Waals surface area contributed by atoms with Crippen molar-refractivity contribution < 1.29 is 9.53 Å². The zero-order valence-electron chi connectivity index (χ0n) is 15.9. The molecule has 142 valence electrons. The van der Waals surface area contributed by atoms with Crippen molar-refractivity contribution in [1.82, 2.24) is 9.97 Å². The number of fused-ring (bicyclic) bond motifs is 1. The summed E-state index contributed by atoms with van der Waals surface area (Å²) in [6.45, 7) is 4.54. The van der Waals surface area contributed by atoms with Gasteiger partial charge in [-0.1, -0.05) is 30.3 Å². The van der Waals surface area contributed by atoms with Crippen molar-refractivity contribution in [3.8, 4) is 5.75 Å². The number of anilines is 3. The largest absolute Gasteiger partial charge is 0.492 e. The highest BCUT2D eigenvalue weighted by Crippen LogP contribution is 2.33. The second-order valence-electron chi connectivity index (χ2n) is 6.68. The average molecular weight is 374 g/mol. The Morgan fingerprint density at radius 3 is 2.82 bits per heavy atom. The standard InChI is InChI=1S/C22H22N4O2/c1-3-28-20-11-7-5-9-17(20)24-22-23-13-12-18(25-22)21(27)26-15(2)14-16-8-4-6-10-19(16)26/h4-13,15H,3,14H2,1-2H3,(H,23,24,25). The van der Waals surface area contributed by atoms with Gasteiger partial charge in [-0.25, -0.2) is 9.97 Å². The molecule has 6 heteroatoms. The zero-order chi connectivity index (χ0) is 19.5. The molecule has 1 aromatic heterocycles. The first-order chi connectivity index (χ1) is 13.7. The molecular weight excluding hydrogens is 352 g/mol. The van der Waals surface area contributed by atoms with Crippen molar-refractivity contribution in [2.24, 2.45) is 0 Å². The summed E-state index contributed by atoms with van der Waals surface area (Å²) in [7, 11) is 0. The summed E-state index contributed by atoms with van der Waals surface area (Å²) >= 11 is 0. The Morgan fingerprint density at radius 1 is 1.18 bits per heavy atom. The smallest absolute Gasteiger partial charge is 0.277 e. The third kappa shape index (κ3) is 3.41. The third-order valence-electron chi connectivity index (χ3n) is 4.73. The molecule has 6 nitrogen and oxygen atoms in total. The molecule has 0 aliphatic carbocycles. The molecular formula is C22H22N4O2. The van der Waals surface area contributed by atoms with E-state index in [1.807, 2.05) is 54.3 Å². The number of carbonyl (C=O) groups is 1. The number of aromatic nitrogens is 2. The van der Waals surface area contributed by atoms with E-state index in [4.69, 9.17) is 4.74 Å². The molecule has 3 aromatic rings. The fraction of sp³-hybridized carbons (Fsp3) is 0.227. The number of hydrogen-bond acceptors (Lipinski definition) is 5. The molecule has 0 fully saturated rings. The molecule has 0 saturated carbocycles. The number of carbonyl (C=O) groups excluding carboxylic acids is 1. The van der Waals surface area contributed by atoms with E-state index in [2.05, 4.69) is 28.3 Å². The summed E-state index contributed by atoms with van der Waals surface area (Å²) in [5, 5.41) is 3.16. The number of nitrogens with one attached hydrogen (secondary N) is 1. The Hall–Kier alpha value is -3.41. The fourth-order valence-corrected chi connectivity index (χ4v) is 3.51. The van der Waals surface area contributed by atoms with Gasteiger partial charge in [0, 0.05) is 17.9 Å². The highest BCUT2D eigenvalue weighted by atomic mass is 16.5. The van der Waals surface area contributed by atoms with Crippen molar-refractivity contribution in [2.45, 2.75) is 26.3 Å². The molecule has 1 atom stereocenters. The number of ether oxygens (including phenoxy) is 1. The summed E-state index contributed by atoms with van der Waals surface area (Å²) in [6.07, 6.45) is 2.44. The van der Waals surface area contributed by atoms with Gasteiger partial charge in [0.1, 0.15) is 11.4 Å². The molecule has 1 aliphatic heterocycles. The number of hydrogen-bond donors (Lipinski definition) is 1. The van der Waals surface area contributed by atoms with Crippen LogP contribution in [0, 0.1) is 0 Å². The van der Waals surface area contributed by atoms with Crippen molar-refractivity contribution in [2.75, 3.05) is 16.8 Å². The summed E-state index contributed by atoms with van der Waals surface area (Å²) in [4.78, 5) is 23.7.